The Morgan fingerprint density at radius 3 is 2.59 bits per heavy atom. The van der Waals surface area contributed by atoms with Crippen LogP contribution in [-0.2, 0) is 6.54 Å². The topological polar surface area (TPSA) is 62.8 Å². The van der Waals surface area contributed by atoms with E-state index in [2.05, 4.69) is 15.4 Å². The number of methoxy groups -OCH3 is 1. The Morgan fingerprint density at radius 1 is 1.17 bits per heavy atom. The molecule has 1 aliphatic rings. The number of halogens is 3. The zero-order valence-electron chi connectivity index (χ0n) is 16.1. The lowest BCUT2D eigenvalue weighted by Gasteiger charge is -2.37. The van der Waals surface area contributed by atoms with Gasteiger partial charge in [0.1, 0.15) is 11.5 Å². The van der Waals surface area contributed by atoms with Gasteiger partial charge in [0.05, 0.1) is 7.11 Å². The highest BCUT2D eigenvalue weighted by molar-refractivity contribution is 5.40. The summed E-state index contributed by atoms with van der Waals surface area (Å²) in [5.41, 5.74) is 1.68. The summed E-state index contributed by atoms with van der Waals surface area (Å²) in [4.78, 5) is 0. The molecule has 3 rings (SSSR count). The van der Waals surface area contributed by atoms with Crippen molar-refractivity contribution in [2.45, 2.75) is 31.4 Å². The van der Waals surface area contributed by atoms with Crippen molar-refractivity contribution in [3.8, 4) is 11.5 Å². The summed E-state index contributed by atoms with van der Waals surface area (Å²) in [5.74, 6) is 0.296. The predicted molar refractivity (Wildman–Crippen MR) is 103 cm³/mol. The third-order valence-corrected chi connectivity index (χ3v) is 5.07. The van der Waals surface area contributed by atoms with Crippen LogP contribution in [-0.4, -0.2) is 37.8 Å². The van der Waals surface area contributed by atoms with Gasteiger partial charge in [0, 0.05) is 37.3 Å². The first-order valence-corrected chi connectivity index (χ1v) is 9.45. The molecule has 1 saturated heterocycles. The van der Waals surface area contributed by atoms with E-state index in [1.54, 1.807) is 0 Å². The van der Waals surface area contributed by atoms with E-state index < -0.39 is 6.36 Å². The Hall–Kier alpha value is -2.29. The van der Waals surface area contributed by atoms with Gasteiger partial charge in [-0.25, -0.2) is 0 Å². The summed E-state index contributed by atoms with van der Waals surface area (Å²) < 4.78 is 47.0. The van der Waals surface area contributed by atoms with E-state index in [1.165, 1.54) is 25.3 Å². The van der Waals surface area contributed by atoms with Gasteiger partial charge in [-0.1, -0.05) is 30.3 Å². The van der Waals surface area contributed by atoms with Crippen LogP contribution >= 0.6 is 0 Å². The second-order valence-electron chi connectivity index (χ2n) is 7.09. The first-order valence-electron chi connectivity index (χ1n) is 9.45. The molecule has 1 aliphatic heterocycles. The van der Waals surface area contributed by atoms with Gasteiger partial charge in [-0.05, 0) is 36.1 Å². The van der Waals surface area contributed by atoms with Crippen LogP contribution in [0.1, 0.15) is 23.6 Å². The summed E-state index contributed by atoms with van der Waals surface area (Å²) in [6, 6.07) is 14.0. The minimum absolute atomic E-state index is 0.0137. The lowest BCUT2D eigenvalue weighted by Crippen LogP contribution is -2.49. The summed E-state index contributed by atoms with van der Waals surface area (Å²) in [5, 5.41) is 16.5. The highest BCUT2D eigenvalue weighted by atomic mass is 19.4. The molecule has 1 fully saturated rings. The first kappa shape index (κ1) is 21.4. The fourth-order valence-corrected chi connectivity index (χ4v) is 3.70. The van der Waals surface area contributed by atoms with Crippen LogP contribution in [0, 0.1) is 5.92 Å². The quantitative estimate of drug-likeness (QED) is 0.653. The summed E-state index contributed by atoms with van der Waals surface area (Å²) in [6.07, 6.45) is -4.01. The normalized spacial score (nSPS) is 22.3. The van der Waals surface area contributed by atoms with E-state index in [0.717, 1.165) is 12.0 Å². The Bertz CT molecular complexity index is 786. The number of aliphatic hydroxyl groups is 1. The lowest BCUT2D eigenvalue weighted by atomic mass is 9.86. The molecule has 0 radical (unpaired) electrons. The summed E-state index contributed by atoms with van der Waals surface area (Å²) in [7, 11) is 1.47. The van der Waals surface area contributed by atoms with E-state index in [9.17, 15) is 18.3 Å². The fraction of sp³-hybridized carbons (Fsp3) is 0.429. The van der Waals surface area contributed by atoms with Crippen molar-refractivity contribution >= 4 is 0 Å². The van der Waals surface area contributed by atoms with Crippen LogP contribution in [0.3, 0.4) is 0 Å². The monoisotopic (exact) mass is 410 g/mol. The van der Waals surface area contributed by atoms with E-state index in [1.807, 2.05) is 30.3 Å². The molecule has 2 aromatic carbocycles. The largest absolute Gasteiger partial charge is 0.573 e. The van der Waals surface area contributed by atoms with Gasteiger partial charge >= 0.3 is 6.36 Å². The van der Waals surface area contributed by atoms with E-state index in [0.29, 0.717) is 24.4 Å². The minimum Gasteiger partial charge on any atom is -0.496 e. The van der Waals surface area contributed by atoms with Crippen LogP contribution in [0.4, 0.5) is 13.2 Å². The van der Waals surface area contributed by atoms with Gasteiger partial charge in [-0.3, -0.25) is 0 Å². The van der Waals surface area contributed by atoms with E-state index in [-0.39, 0.29) is 30.4 Å². The maximum atomic E-state index is 12.6. The van der Waals surface area contributed by atoms with Crippen molar-refractivity contribution in [1.29, 1.82) is 0 Å². The molecule has 1 heterocycles. The highest BCUT2D eigenvalue weighted by Gasteiger charge is 2.32. The number of hydrogen-bond acceptors (Lipinski definition) is 5. The Balaban J connectivity index is 1.77. The lowest BCUT2D eigenvalue weighted by molar-refractivity contribution is -0.274. The molecule has 0 bridgehead atoms. The molecule has 3 N–H and O–H groups in total. The molecule has 0 aliphatic carbocycles. The minimum atomic E-state index is -4.75. The second kappa shape index (κ2) is 9.47. The molecule has 5 nitrogen and oxygen atoms in total. The smallest absolute Gasteiger partial charge is 0.496 e. The van der Waals surface area contributed by atoms with Gasteiger partial charge in [-0.2, -0.15) is 0 Å². The maximum Gasteiger partial charge on any atom is 0.573 e. The molecule has 0 saturated carbocycles. The predicted octanol–water partition coefficient (Wildman–Crippen LogP) is 3.40. The van der Waals surface area contributed by atoms with Crippen molar-refractivity contribution in [3.05, 3.63) is 59.7 Å². The zero-order valence-corrected chi connectivity index (χ0v) is 16.1. The number of rotatable bonds is 7. The van der Waals surface area contributed by atoms with Crippen molar-refractivity contribution in [2.24, 2.45) is 5.92 Å². The van der Waals surface area contributed by atoms with Crippen LogP contribution in [0.25, 0.3) is 0 Å². The van der Waals surface area contributed by atoms with E-state index >= 15 is 0 Å². The van der Waals surface area contributed by atoms with Crippen molar-refractivity contribution in [2.75, 3.05) is 20.3 Å². The third kappa shape index (κ3) is 5.85. The van der Waals surface area contributed by atoms with Gasteiger partial charge in [0.2, 0.25) is 0 Å². The second-order valence-corrected chi connectivity index (χ2v) is 7.09. The number of hydrogen-bond donors (Lipinski definition) is 3. The standard InChI is InChI=1S/C21H25F3N2O3/c1-28-19-8-7-17(29-21(22,23)24)10-16(19)12-25-18-9-14(13-27)11-26-20(18)15-5-3-2-4-6-15/h2-8,10,14,18,20,25-27H,9,11-13H2,1H3/t14-,18?,20?/m1/s1. The van der Waals surface area contributed by atoms with Gasteiger partial charge < -0.3 is 25.2 Å². The Labute approximate surface area is 167 Å². The average Bonchev–Trinajstić information content (AvgIpc) is 2.71. The van der Waals surface area contributed by atoms with Crippen molar-refractivity contribution in [3.63, 3.8) is 0 Å². The zero-order chi connectivity index (χ0) is 20.9. The van der Waals surface area contributed by atoms with Gasteiger partial charge in [0.15, 0.2) is 0 Å². The van der Waals surface area contributed by atoms with Crippen LogP contribution < -0.4 is 20.1 Å². The van der Waals surface area contributed by atoms with Crippen LogP contribution in [0.2, 0.25) is 0 Å². The molecule has 0 spiro atoms. The molecule has 3 atom stereocenters. The van der Waals surface area contributed by atoms with Crippen LogP contribution in [0.5, 0.6) is 11.5 Å². The first-order chi connectivity index (χ1) is 13.9. The van der Waals surface area contributed by atoms with E-state index in [4.69, 9.17) is 4.74 Å². The summed E-state index contributed by atoms with van der Waals surface area (Å²) in [6.45, 7) is 1.07. The number of ether oxygens (including phenoxy) is 2. The van der Waals surface area contributed by atoms with Crippen molar-refractivity contribution in [1.82, 2.24) is 10.6 Å². The molecule has 158 valence electrons. The summed E-state index contributed by atoms with van der Waals surface area (Å²) >= 11 is 0. The number of nitrogens with one attached hydrogen (secondary N) is 2. The Morgan fingerprint density at radius 2 is 1.93 bits per heavy atom. The molecule has 29 heavy (non-hydrogen) atoms. The van der Waals surface area contributed by atoms with Gasteiger partial charge in [0.25, 0.3) is 0 Å². The molecule has 8 heteroatoms. The van der Waals surface area contributed by atoms with Crippen molar-refractivity contribution < 1.29 is 27.8 Å². The van der Waals surface area contributed by atoms with Crippen LogP contribution in [0.15, 0.2) is 48.5 Å². The maximum absolute atomic E-state index is 12.6. The third-order valence-electron chi connectivity index (χ3n) is 5.07. The highest BCUT2D eigenvalue weighted by Crippen LogP contribution is 2.30. The SMILES string of the molecule is COc1ccc(OC(F)(F)F)cc1CNC1C[C@@H](CO)CNC1c1ccccc1. The van der Waals surface area contributed by atoms with Gasteiger partial charge in [-0.15, -0.1) is 13.2 Å². The molecule has 2 unspecified atom stereocenters. The molecular formula is C21H25F3N2O3. The Kier molecular flexibility index (Phi) is 7.00. The molecule has 0 amide bonds. The fourth-order valence-electron chi connectivity index (χ4n) is 3.70. The average molecular weight is 410 g/mol. The number of alkyl halides is 3. The molecular weight excluding hydrogens is 385 g/mol. The number of benzene rings is 2. The molecule has 0 aromatic heterocycles. The number of aliphatic hydroxyl groups excluding tert-OH is 1. The molecule has 2 aromatic rings. The number of piperidine rings is 1.